The Hall–Kier alpha value is -1.37. The van der Waals surface area contributed by atoms with Gasteiger partial charge in [-0.1, -0.05) is 13.0 Å². The molecule has 1 aromatic rings. The highest BCUT2D eigenvalue weighted by molar-refractivity contribution is 14.1. The number of halogens is 1. The third kappa shape index (κ3) is 1.68. The van der Waals surface area contributed by atoms with Gasteiger partial charge in [-0.05, 0) is 52.6 Å². The van der Waals surface area contributed by atoms with Gasteiger partial charge in [0.05, 0.1) is 9.13 Å². The van der Waals surface area contributed by atoms with Crippen LogP contribution in [0.4, 0.5) is 0 Å². The van der Waals surface area contributed by atoms with Crippen LogP contribution >= 0.6 is 22.6 Å². The molecule has 0 saturated carbocycles. The van der Waals surface area contributed by atoms with Crippen molar-refractivity contribution in [3.8, 4) is 5.75 Å². The summed E-state index contributed by atoms with van der Waals surface area (Å²) < 4.78 is 5.88. The molecule has 0 unspecified atom stereocenters. The molecule has 0 saturated heterocycles. The number of esters is 1. The number of phenolic OH excluding ortho intramolecular Hbond substituents is 1. The second kappa shape index (κ2) is 4.57. The molecule has 4 nitrogen and oxygen atoms in total. The lowest BCUT2D eigenvalue weighted by atomic mass is 9.56. The van der Waals surface area contributed by atoms with Gasteiger partial charge < -0.3 is 9.84 Å². The maximum atomic E-state index is 12.6. The molecule has 5 heteroatoms. The normalized spacial score (nSPS) is 29.8. The maximum absolute atomic E-state index is 12.6. The van der Waals surface area contributed by atoms with E-state index in [0.29, 0.717) is 28.6 Å². The number of hydrogen-bond acceptors (Lipinski definition) is 4. The van der Waals surface area contributed by atoms with E-state index >= 15 is 0 Å². The van der Waals surface area contributed by atoms with E-state index in [-0.39, 0.29) is 28.8 Å². The monoisotopic (exact) mass is 410 g/mol. The number of hydrogen-bond donors (Lipinski definition) is 1. The van der Waals surface area contributed by atoms with Crippen LogP contribution in [0.15, 0.2) is 23.3 Å². The first-order valence-electron chi connectivity index (χ1n) is 7.37. The Bertz CT molecular complexity index is 764. The lowest BCUT2D eigenvalue weighted by molar-refractivity contribution is -0.136. The zero-order valence-corrected chi connectivity index (χ0v) is 14.3. The van der Waals surface area contributed by atoms with Crippen LogP contribution in [-0.2, 0) is 14.9 Å². The minimum Gasteiger partial charge on any atom is -0.506 e. The molecule has 0 amide bonds. The second-order valence-corrected chi connectivity index (χ2v) is 7.66. The van der Waals surface area contributed by atoms with Crippen molar-refractivity contribution >= 4 is 34.3 Å². The molecule has 2 aliphatic carbocycles. The molecular formula is C17H15IO4. The lowest BCUT2D eigenvalue weighted by Gasteiger charge is -2.45. The van der Waals surface area contributed by atoms with E-state index < -0.39 is 0 Å². The molecule has 4 rings (SSSR count). The highest BCUT2D eigenvalue weighted by Crippen LogP contribution is 2.54. The van der Waals surface area contributed by atoms with E-state index in [4.69, 9.17) is 4.74 Å². The van der Waals surface area contributed by atoms with Crippen molar-refractivity contribution in [2.75, 3.05) is 6.61 Å². The van der Waals surface area contributed by atoms with Gasteiger partial charge >= 0.3 is 5.97 Å². The first-order chi connectivity index (χ1) is 10.4. The summed E-state index contributed by atoms with van der Waals surface area (Å²) in [6.07, 6.45) is 1.82. The molecule has 1 aliphatic heterocycles. The van der Waals surface area contributed by atoms with Crippen molar-refractivity contribution < 1.29 is 19.4 Å². The van der Waals surface area contributed by atoms with Gasteiger partial charge in [0.1, 0.15) is 12.4 Å². The van der Waals surface area contributed by atoms with Crippen LogP contribution < -0.4 is 0 Å². The lowest BCUT2D eigenvalue weighted by Crippen LogP contribution is -2.43. The van der Waals surface area contributed by atoms with Crippen LogP contribution in [0.2, 0.25) is 0 Å². The zero-order chi connectivity index (χ0) is 15.6. The van der Waals surface area contributed by atoms with Gasteiger partial charge in [-0.15, -0.1) is 0 Å². The van der Waals surface area contributed by atoms with E-state index in [0.717, 1.165) is 23.1 Å². The van der Waals surface area contributed by atoms with E-state index in [1.54, 1.807) is 0 Å². The molecule has 1 aromatic carbocycles. The Labute approximate surface area is 141 Å². The molecule has 1 N–H and O–H groups in total. The Balaban J connectivity index is 1.93. The quantitative estimate of drug-likeness (QED) is 0.528. The number of aromatic hydroxyl groups is 1. The summed E-state index contributed by atoms with van der Waals surface area (Å²) in [5.41, 5.74) is 2.93. The summed E-state index contributed by atoms with van der Waals surface area (Å²) in [5, 5.41) is 10.3. The predicted molar refractivity (Wildman–Crippen MR) is 87.8 cm³/mol. The number of Topliss-reactive ketones (excluding diaryl/α,β-unsaturated/α-hetero) is 1. The second-order valence-electron chi connectivity index (χ2n) is 6.50. The topological polar surface area (TPSA) is 63.6 Å². The number of cyclic esters (lactones) is 1. The third-order valence-corrected chi connectivity index (χ3v) is 6.36. The van der Waals surface area contributed by atoms with E-state index in [1.165, 1.54) is 0 Å². The molecule has 0 fully saturated rings. The van der Waals surface area contributed by atoms with Crippen LogP contribution in [0.25, 0.3) is 0 Å². The van der Waals surface area contributed by atoms with Gasteiger partial charge in [0.2, 0.25) is 0 Å². The number of fused-ring (bicyclic) bond motifs is 4. The fraction of sp³-hybridized carbons (Fsp3) is 0.412. The van der Waals surface area contributed by atoms with Gasteiger partial charge in [-0.2, -0.15) is 0 Å². The molecule has 22 heavy (non-hydrogen) atoms. The van der Waals surface area contributed by atoms with Crippen LogP contribution in [0, 0.1) is 9.49 Å². The van der Waals surface area contributed by atoms with Crippen LogP contribution in [0.3, 0.4) is 0 Å². The largest absolute Gasteiger partial charge is 0.506 e. The van der Waals surface area contributed by atoms with Crippen LogP contribution in [0.1, 0.15) is 42.1 Å². The molecule has 3 aliphatic rings. The summed E-state index contributed by atoms with van der Waals surface area (Å²) in [6, 6.07) is 3.82. The average Bonchev–Trinajstić information content (AvgIpc) is 2.85. The Morgan fingerprint density at radius 3 is 2.91 bits per heavy atom. The van der Waals surface area contributed by atoms with E-state index in [9.17, 15) is 14.7 Å². The van der Waals surface area contributed by atoms with Crippen molar-refractivity contribution in [1.82, 2.24) is 0 Å². The molecule has 1 heterocycles. The Morgan fingerprint density at radius 1 is 1.36 bits per heavy atom. The molecule has 0 radical (unpaired) electrons. The molecule has 0 spiro atoms. The zero-order valence-electron chi connectivity index (χ0n) is 12.1. The summed E-state index contributed by atoms with van der Waals surface area (Å²) in [5.74, 6) is -0.161. The summed E-state index contributed by atoms with van der Waals surface area (Å²) in [6.45, 7) is 2.45. The summed E-state index contributed by atoms with van der Waals surface area (Å²) in [7, 11) is 0. The SMILES string of the molecule is C[C@]12CCC3=C(COC3=O)[C@@H]1CC(=O)c1c2ccc(I)c1O. The fourth-order valence-corrected chi connectivity index (χ4v) is 4.70. The minimum absolute atomic E-state index is 0.00200. The van der Waals surface area contributed by atoms with E-state index in [2.05, 4.69) is 6.92 Å². The highest BCUT2D eigenvalue weighted by atomic mass is 127. The van der Waals surface area contributed by atoms with Crippen molar-refractivity contribution in [3.63, 3.8) is 0 Å². The number of carbonyl (C=O) groups is 2. The molecule has 114 valence electrons. The first-order valence-corrected chi connectivity index (χ1v) is 8.45. The smallest absolute Gasteiger partial charge is 0.334 e. The van der Waals surface area contributed by atoms with Gasteiger partial charge in [-0.25, -0.2) is 4.79 Å². The fourth-order valence-electron chi connectivity index (χ4n) is 4.25. The maximum Gasteiger partial charge on any atom is 0.334 e. The minimum atomic E-state index is -0.224. The number of rotatable bonds is 0. The summed E-state index contributed by atoms with van der Waals surface area (Å²) in [4.78, 5) is 24.4. The average molecular weight is 410 g/mol. The van der Waals surface area contributed by atoms with Crippen molar-refractivity contribution in [2.24, 2.45) is 5.92 Å². The van der Waals surface area contributed by atoms with Gasteiger partial charge in [0.25, 0.3) is 0 Å². The molecule has 0 aromatic heterocycles. The number of benzene rings is 1. The molecule has 0 bridgehead atoms. The van der Waals surface area contributed by atoms with Gasteiger partial charge in [-0.3, -0.25) is 4.79 Å². The van der Waals surface area contributed by atoms with E-state index in [1.807, 2.05) is 34.7 Å². The van der Waals surface area contributed by atoms with Crippen LogP contribution in [-0.4, -0.2) is 23.5 Å². The predicted octanol–water partition coefficient (Wildman–Crippen LogP) is 3.10. The van der Waals surface area contributed by atoms with Gasteiger partial charge in [0.15, 0.2) is 5.78 Å². The van der Waals surface area contributed by atoms with Gasteiger partial charge in [0, 0.05) is 23.3 Å². The first kappa shape index (κ1) is 14.2. The molecular weight excluding hydrogens is 395 g/mol. The van der Waals surface area contributed by atoms with Crippen molar-refractivity contribution in [1.29, 1.82) is 0 Å². The Morgan fingerprint density at radius 2 is 2.14 bits per heavy atom. The standard InChI is InChI=1S/C17H15IO4/c1-17-5-4-8-9(7-22-16(8)21)11(17)6-13(19)14-10(17)2-3-12(18)15(14)20/h2-3,11,20H,4-7H2,1H3/t11-,17+/m0/s1. The number of ketones is 1. The number of ether oxygens (including phenoxy) is 1. The van der Waals surface area contributed by atoms with Crippen LogP contribution in [0.5, 0.6) is 5.75 Å². The third-order valence-electron chi connectivity index (χ3n) is 5.49. The summed E-state index contributed by atoms with van der Waals surface area (Å²) >= 11 is 2.04. The number of phenols is 1. The highest BCUT2D eigenvalue weighted by Gasteiger charge is 2.51. The van der Waals surface area contributed by atoms with Crippen molar-refractivity contribution in [2.45, 2.75) is 31.6 Å². The van der Waals surface area contributed by atoms with Crippen molar-refractivity contribution in [3.05, 3.63) is 38.0 Å². The molecule has 2 atom stereocenters. The Kier molecular flexibility index (Phi) is 2.95. The number of carbonyl (C=O) groups excluding carboxylic acids is 2.